The number of hydrogen-bond acceptors (Lipinski definition) is 2. The monoisotopic (exact) mass is 242 g/mol. The summed E-state index contributed by atoms with van der Waals surface area (Å²) in [5, 5.41) is 11.4. The van der Waals surface area contributed by atoms with Crippen molar-refractivity contribution in [3.8, 4) is 0 Å². The molecule has 0 aromatic heterocycles. The van der Waals surface area contributed by atoms with Gasteiger partial charge in [-0.05, 0) is 25.7 Å². The van der Waals surface area contributed by atoms with Gasteiger partial charge in [0.05, 0.1) is 6.42 Å². The standard InChI is InChI=1S/C12H22N2O3/c1-8(2)10-5-4-6-14(10)12(17)13-9(3)7-11(15)16/h8-10H,4-7H2,1-3H3,(H,13,17)(H,15,16). The van der Waals surface area contributed by atoms with E-state index in [1.807, 2.05) is 4.90 Å². The molecule has 0 saturated carbocycles. The fraction of sp³-hybridized carbons (Fsp3) is 0.833. The molecule has 17 heavy (non-hydrogen) atoms. The first-order valence-corrected chi connectivity index (χ1v) is 6.20. The summed E-state index contributed by atoms with van der Waals surface area (Å²) in [7, 11) is 0. The van der Waals surface area contributed by atoms with Gasteiger partial charge in [0.2, 0.25) is 0 Å². The maximum atomic E-state index is 12.0. The molecule has 5 nitrogen and oxygen atoms in total. The van der Waals surface area contributed by atoms with Gasteiger partial charge in [-0.1, -0.05) is 13.8 Å². The Morgan fingerprint density at radius 3 is 2.59 bits per heavy atom. The average Bonchev–Trinajstić information content (AvgIpc) is 2.63. The van der Waals surface area contributed by atoms with Crippen molar-refractivity contribution in [3.05, 3.63) is 0 Å². The van der Waals surface area contributed by atoms with E-state index in [0.29, 0.717) is 5.92 Å². The molecule has 0 aromatic rings. The lowest BCUT2D eigenvalue weighted by Crippen LogP contribution is -2.47. The van der Waals surface area contributed by atoms with Gasteiger partial charge in [-0.3, -0.25) is 4.79 Å². The van der Waals surface area contributed by atoms with Gasteiger partial charge in [0.15, 0.2) is 0 Å². The molecule has 1 fully saturated rings. The highest BCUT2D eigenvalue weighted by atomic mass is 16.4. The third kappa shape index (κ3) is 3.91. The van der Waals surface area contributed by atoms with Gasteiger partial charge in [0.1, 0.15) is 0 Å². The second-order valence-electron chi connectivity index (χ2n) is 5.10. The first kappa shape index (κ1) is 13.8. The first-order valence-electron chi connectivity index (χ1n) is 6.20. The highest BCUT2D eigenvalue weighted by Gasteiger charge is 2.31. The van der Waals surface area contributed by atoms with Crippen molar-refractivity contribution >= 4 is 12.0 Å². The zero-order valence-electron chi connectivity index (χ0n) is 10.8. The number of rotatable bonds is 4. The Morgan fingerprint density at radius 1 is 1.41 bits per heavy atom. The summed E-state index contributed by atoms with van der Waals surface area (Å²) in [6, 6.07) is -0.171. The molecule has 0 radical (unpaired) electrons. The molecule has 5 heteroatoms. The van der Waals surface area contributed by atoms with Crippen LogP contribution in [0.5, 0.6) is 0 Å². The minimum Gasteiger partial charge on any atom is -0.481 e. The van der Waals surface area contributed by atoms with Gasteiger partial charge in [0.25, 0.3) is 0 Å². The Morgan fingerprint density at radius 2 is 2.06 bits per heavy atom. The number of carbonyl (C=O) groups excluding carboxylic acids is 1. The number of likely N-dealkylation sites (tertiary alicyclic amines) is 1. The highest BCUT2D eigenvalue weighted by Crippen LogP contribution is 2.23. The van der Waals surface area contributed by atoms with E-state index in [-0.39, 0.29) is 24.5 Å². The predicted octanol–water partition coefficient (Wildman–Crippen LogP) is 1.68. The Labute approximate surface area is 102 Å². The van der Waals surface area contributed by atoms with Crippen LogP contribution < -0.4 is 5.32 Å². The quantitative estimate of drug-likeness (QED) is 0.788. The summed E-state index contributed by atoms with van der Waals surface area (Å²) in [5.41, 5.74) is 0. The van der Waals surface area contributed by atoms with Crippen molar-refractivity contribution in [1.29, 1.82) is 0 Å². The number of amides is 2. The minimum atomic E-state index is -0.889. The lowest BCUT2D eigenvalue weighted by Gasteiger charge is -2.29. The van der Waals surface area contributed by atoms with E-state index in [2.05, 4.69) is 19.2 Å². The van der Waals surface area contributed by atoms with E-state index in [0.717, 1.165) is 19.4 Å². The number of nitrogens with zero attached hydrogens (tertiary/aromatic N) is 1. The average molecular weight is 242 g/mol. The summed E-state index contributed by atoms with van der Waals surface area (Å²) in [5.74, 6) is -0.447. The third-order valence-electron chi connectivity index (χ3n) is 3.18. The molecular formula is C12H22N2O3. The van der Waals surface area contributed by atoms with Crippen LogP contribution in [0.1, 0.15) is 40.0 Å². The topological polar surface area (TPSA) is 69.6 Å². The van der Waals surface area contributed by atoms with Crippen LogP contribution in [0.4, 0.5) is 4.79 Å². The minimum absolute atomic E-state index is 0.0358. The van der Waals surface area contributed by atoms with E-state index in [9.17, 15) is 9.59 Å². The SMILES string of the molecule is CC(CC(=O)O)NC(=O)N1CCCC1C(C)C. The molecule has 1 aliphatic rings. The molecule has 1 saturated heterocycles. The summed E-state index contributed by atoms with van der Waals surface area (Å²) in [6.45, 7) is 6.70. The molecule has 1 heterocycles. The van der Waals surface area contributed by atoms with Crippen LogP contribution in [0.2, 0.25) is 0 Å². The van der Waals surface area contributed by atoms with E-state index in [1.165, 1.54) is 0 Å². The largest absolute Gasteiger partial charge is 0.481 e. The van der Waals surface area contributed by atoms with Crippen LogP contribution in [-0.4, -0.2) is 40.6 Å². The molecular weight excluding hydrogens is 220 g/mol. The van der Waals surface area contributed by atoms with Crippen molar-refractivity contribution in [2.24, 2.45) is 5.92 Å². The Hall–Kier alpha value is -1.26. The summed E-state index contributed by atoms with van der Waals surface area (Å²) >= 11 is 0. The second kappa shape index (κ2) is 5.89. The molecule has 0 aromatic carbocycles. The van der Waals surface area contributed by atoms with Gasteiger partial charge >= 0.3 is 12.0 Å². The fourth-order valence-corrected chi connectivity index (χ4v) is 2.34. The molecule has 0 spiro atoms. The molecule has 1 aliphatic heterocycles. The summed E-state index contributed by atoms with van der Waals surface area (Å²) < 4.78 is 0. The summed E-state index contributed by atoms with van der Waals surface area (Å²) in [6.07, 6.45) is 2.04. The lowest BCUT2D eigenvalue weighted by atomic mass is 10.0. The molecule has 2 amide bonds. The molecule has 1 rings (SSSR count). The van der Waals surface area contributed by atoms with Crippen molar-refractivity contribution in [1.82, 2.24) is 10.2 Å². The number of carboxylic acid groups (broad SMARTS) is 1. The van der Waals surface area contributed by atoms with Crippen LogP contribution >= 0.6 is 0 Å². The summed E-state index contributed by atoms with van der Waals surface area (Å²) in [4.78, 5) is 24.3. The molecule has 0 aliphatic carbocycles. The van der Waals surface area contributed by atoms with Crippen molar-refractivity contribution in [3.63, 3.8) is 0 Å². The van der Waals surface area contributed by atoms with Gasteiger partial charge in [-0.15, -0.1) is 0 Å². The molecule has 0 bridgehead atoms. The molecule has 98 valence electrons. The van der Waals surface area contributed by atoms with Gasteiger partial charge in [0, 0.05) is 18.6 Å². The van der Waals surface area contributed by atoms with Crippen molar-refractivity contribution in [2.45, 2.75) is 52.1 Å². The van der Waals surface area contributed by atoms with Crippen LogP contribution in [-0.2, 0) is 4.79 Å². The Kier molecular flexibility index (Phi) is 4.78. The second-order valence-corrected chi connectivity index (χ2v) is 5.10. The number of carbonyl (C=O) groups is 2. The van der Waals surface area contributed by atoms with Crippen LogP contribution in [0.15, 0.2) is 0 Å². The number of aliphatic carboxylic acids is 1. The number of carboxylic acids is 1. The van der Waals surface area contributed by atoms with Gasteiger partial charge < -0.3 is 15.3 Å². The molecule has 2 unspecified atom stereocenters. The molecule has 2 N–H and O–H groups in total. The predicted molar refractivity (Wildman–Crippen MR) is 64.8 cm³/mol. The van der Waals surface area contributed by atoms with E-state index in [1.54, 1.807) is 6.92 Å². The normalized spacial score (nSPS) is 21.6. The maximum Gasteiger partial charge on any atom is 0.317 e. The highest BCUT2D eigenvalue weighted by molar-refractivity contribution is 5.76. The Balaban J connectivity index is 2.49. The lowest BCUT2D eigenvalue weighted by molar-refractivity contribution is -0.137. The zero-order chi connectivity index (χ0) is 13.0. The maximum absolute atomic E-state index is 12.0. The van der Waals surface area contributed by atoms with Gasteiger partial charge in [-0.25, -0.2) is 4.79 Å². The fourth-order valence-electron chi connectivity index (χ4n) is 2.34. The smallest absolute Gasteiger partial charge is 0.317 e. The van der Waals surface area contributed by atoms with E-state index in [4.69, 9.17) is 5.11 Å². The number of nitrogens with one attached hydrogen (secondary N) is 1. The zero-order valence-corrected chi connectivity index (χ0v) is 10.8. The first-order chi connectivity index (χ1) is 7.91. The van der Waals surface area contributed by atoms with Gasteiger partial charge in [-0.2, -0.15) is 0 Å². The van der Waals surface area contributed by atoms with E-state index >= 15 is 0 Å². The van der Waals surface area contributed by atoms with Crippen LogP contribution in [0.25, 0.3) is 0 Å². The van der Waals surface area contributed by atoms with E-state index < -0.39 is 5.97 Å². The number of urea groups is 1. The van der Waals surface area contributed by atoms with Crippen molar-refractivity contribution < 1.29 is 14.7 Å². The number of hydrogen-bond donors (Lipinski definition) is 2. The van der Waals surface area contributed by atoms with Crippen LogP contribution in [0.3, 0.4) is 0 Å². The third-order valence-corrected chi connectivity index (χ3v) is 3.18. The Bertz CT molecular complexity index is 291. The van der Waals surface area contributed by atoms with Crippen LogP contribution in [0, 0.1) is 5.92 Å². The molecule has 2 atom stereocenters. The van der Waals surface area contributed by atoms with Crippen molar-refractivity contribution in [2.75, 3.05) is 6.54 Å².